The summed E-state index contributed by atoms with van der Waals surface area (Å²) in [6.45, 7) is 2.23. The largest absolute Gasteiger partial charge is 0.615 e. The number of nitrogens with zero attached hydrogens (tertiary/aromatic N) is 3. The summed E-state index contributed by atoms with van der Waals surface area (Å²) in [5.41, 5.74) is 3.80. The topological polar surface area (TPSA) is 76.6 Å². The van der Waals surface area contributed by atoms with Crippen molar-refractivity contribution in [2.24, 2.45) is 0 Å². The van der Waals surface area contributed by atoms with E-state index in [0.717, 1.165) is 37.3 Å². The van der Waals surface area contributed by atoms with Crippen molar-refractivity contribution in [3.8, 4) is 0 Å². The zero-order valence-electron chi connectivity index (χ0n) is 15.2. The third-order valence-electron chi connectivity index (χ3n) is 5.22. The first-order valence-corrected chi connectivity index (χ1v) is 11.1. The molecule has 0 aliphatic carbocycles. The van der Waals surface area contributed by atoms with E-state index in [9.17, 15) is 13.6 Å². The summed E-state index contributed by atoms with van der Waals surface area (Å²) in [7, 11) is -3.01. The van der Waals surface area contributed by atoms with Crippen molar-refractivity contribution < 1.29 is 13.6 Å². The standard InChI is InChI=1S/C20H23N3O3S/c24-20(22-9-11-27(25,26)12-10-22)17-13-19-18(21-14-17)7-4-8-23(19)15-16-5-2-1-3-6-16/h1-3,5-6,13-14H,4,7-12,15H2. The van der Waals surface area contributed by atoms with Gasteiger partial charge in [0.2, 0.25) is 0 Å². The molecule has 4 rings (SSSR count). The van der Waals surface area contributed by atoms with Gasteiger partial charge in [0.1, 0.15) is 11.5 Å². The van der Waals surface area contributed by atoms with Gasteiger partial charge in [-0.1, -0.05) is 30.3 Å². The first-order valence-electron chi connectivity index (χ1n) is 9.29. The van der Waals surface area contributed by atoms with Crippen LogP contribution < -0.4 is 4.90 Å². The monoisotopic (exact) mass is 385 g/mol. The summed E-state index contributed by atoms with van der Waals surface area (Å²) in [6, 6.07) is 12.2. The van der Waals surface area contributed by atoms with Crippen LogP contribution in [0.4, 0.5) is 5.69 Å². The van der Waals surface area contributed by atoms with Crippen LogP contribution in [-0.4, -0.2) is 51.5 Å². The van der Waals surface area contributed by atoms with Crippen LogP contribution in [0.3, 0.4) is 0 Å². The fourth-order valence-electron chi connectivity index (χ4n) is 3.69. The number of sulfone groups is 1. The fraction of sp³-hybridized carbons (Fsp3) is 0.400. The SMILES string of the molecule is O=C(c1cnc2c(c1)N(Cc1ccccc1)CCC2)N1CC[S+](=O)([O-])CC1. The van der Waals surface area contributed by atoms with Crippen molar-refractivity contribution >= 4 is 21.8 Å². The lowest BCUT2D eigenvalue weighted by Crippen LogP contribution is -2.46. The quantitative estimate of drug-likeness (QED) is 0.757. The van der Waals surface area contributed by atoms with Gasteiger partial charge in [-0.3, -0.25) is 9.78 Å². The molecule has 1 amide bonds. The Labute approximate surface area is 160 Å². The highest BCUT2D eigenvalue weighted by Gasteiger charge is 2.29. The molecule has 0 N–H and O–H groups in total. The molecule has 0 spiro atoms. The summed E-state index contributed by atoms with van der Waals surface area (Å²) in [4.78, 5) is 21.3. The van der Waals surface area contributed by atoms with E-state index in [4.69, 9.17) is 0 Å². The van der Waals surface area contributed by atoms with Gasteiger partial charge in [0.15, 0.2) is 0 Å². The number of hydrogen-bond acceptors (Lipinski definition) is 5. The molecular weight excluding hydrogens is 362 g/mol. The van der Waals surface area contributed by atoms with Gasteiger partial charge >= 0.3 is 0 Å². The normalized spacial score (nSPS) is 18.9. The number of aryl methyl sites for hydroxylation is 1. The molecule has 6 nitrogen and oxygen atoms in total. The molecule has 0 atom stereocenters. The third-order valence-corrected chi connectivity index (χ3v) is 6.83. The number of aromatic nitrogens is 1. The van der Waals surface area contributed by atoms with E-state index in [1.165, 1.54) is 5.56 Å². The van der Waals surface area contributed by atoms with Crippen LogP contribution in [0, 0.1) is 0 Å². The Balaban J connectivity index is 1.55. The van der Waals surface area contributed by atoms with E-state index in [-0.39, 0.29) is 30.5 Å². The van der Waals surface area contributed by atoms with E-state index in [1.54, 1.807) is 11.1 Å². The van der Waals surface area contributed by atoms with Crippen molar-refractivity contribution in [2.75, 3.05) is 36.0 Å². The Bertz CT molecular complexity index is 875. The van der Waals surface area contributed by atoms with Crippen LogP contribution in [0.2, 0.25) is 0 Å². The van der Waals surface area contributed by atoms with Crippen LogP contribution in [0.1, 0.15) is 28.0 Å². The lowest BCUT2D eigenvalue weighted by molar-refractivity contribution is 0.0768. The molecule has 142 valence electrons. The number of fused-ring (bicyclic) bond motifs is 1. The number of amides is 1. The van der Waals surface area contributed by atoms with Crippen LogP contribution in [-0.2, 0) is 27.4 Å². The van der Waals surface area contributed by atoms with Crippen LogP contribution in [0.15, 0.2) is 42.6 Å². The number of benzene rings is 1. The lowest BCUT2D eigenvalue weighted by Gasteiger charge is -2.32. The Morgan fingerprint density at radius 2 is 1.89 bits per heavy atom. The summed E-state index contributed by atoms with van der Waals surface area (Å²) < 4.78 is 23.2. The van der Waals surface area contributed by atoms with Gasteiger partial charge in [0.25, 0.3) is 5.91 Å². The summed E-state index contributed by atoms with van der Waals surface area (Å²) in [5, 5.41) is 0. The Kier molecular flexibility index (Phi) is 4.97. The van der Waals surface area contributed by atoms with Gasteiger partial charge in [-0.2, -0.15) is 0 Å². The number of anilines is 1. The summed E-state index contributed by atoms with van der Waals surface area (Å²) in [5.74, 6) is -0.0560. The molecule has 1 aromatic carbocycles. The van der Waals surface area contributed by atoms with Crippen molar-refractivity contribution in [2.45, 2.75) is 19.4 Å². The average Bonchev–Trinajstić information content (AvgIpc) is 2.68. The summed E-state index contributed by atoms with van der Waals surface area (Å²) in [6.07, 6.45) is 3.59. The molecule has 1 fully saturated rings. The number of carbonyl (C=O) groups is 1. The highest BCUT2D eigenvalue weighted by molar-refractivity contribution is 7.97. The molecule has 7 heteroatoms. The second-order valence-electron chi connectivity index (χ2n) is 7.14. The van der Waals surface area contributed by atoms with Gasteiger partial charge in [0.05, 0.1) is 40.2 Å². The van der Waals surface area contributed by atoms with Crippen molar-refractivity contribution in [1.82, 2.24) is 9.88 Å². The molecule has 2 aliphatic rings. The van der Waals surface area contributed by atoms with Gasteiger partial charge in [-0.25, -0.2) is 0 Å². The molecule has 27 heavy (non-hydrogen) atoms. The molecule has 0 saturated carbocycles. The van der Waals surface area contributed by atoms with Crippen molar-refractivity contribution in [3.63, 3.8) is 0 Å². The maximum Gasteiger partial charge on any atom is 0.255 e. The number of hydrogen-bond donors (Lipinski definition) is 0. The lowest BCUT2D eigenvalue weighted by atomic mass is 10.0. The average molecular weight is 385 g/mol. The highest BCUT2D eigenvalue weighted by atomic mass is 32.3. The van der Waals surface area contributed by atoms with Crippen molar-refractivity contribution in [1.29, 1.82) is 0 Å². The van der Waals surface area contributed by atoms with Crippen LogP contribution in [0.5, 0.6) is 0 Å². The second-order valence-corrected chi connectivity index (χ2v) is 9.45. The number of rotatable bonds is 3. The Morgan fingerprint density at radius 1 is 1.15 bits per heavy atom. The van der Waals surface area contributed by atoms with Crippen molar-refractivity contribution in [3.05, 3.63) is 59.4 Å². The van der Waals surface area contributed by atoms with Crippen LogP contribution in [0.25, 0.3) is 0 Å². The molecule has 0 radical (unpaired) electrons. The molecular formula is C20H23N3O3S. The molecule has 2 aromatic rings. The zero-order valence-corrected chi connectivity index (χ0v) is 16.0. The van der Waals surface area contributed by atoms with E-state index < -0.39 is 10.2 Å². The fourth-order valence-corrected chi connectivity index (χ4v) is 4.89. The Hall–Kier alpha value is -2.25. The predicted molar refractivity (Wildman–Crippen MR) is 105 cm³/mol. The van der Waals surface area contributed by atoms with Gasteiger partial charge < -0.3 is 14.4 Å². The molecule has 0 bridgehead atoms. The molecule has 1 saturated heterocycles. The maximum absolute atomic E-state index is 12.8. The zero-order chi connectivity index (χ0) is 18.9. The number of pyridine rings is 1. The smallest absolute Gasteiger partial charge is 0.255 e. The van der Waals surface area contributed by atoms with Gasteiger partial charge in [-0.05, 0) is 24.5 Å². The minimum Gasteiger partial charge on any atom is -0.615 e. The second kappa shape index (κ2) is 7.40. The summed E-state index contributed by atoms with van der Waals surface area (Å²) >= 11 is 0. The minimum absolute atomic E-state index is 0.0389. The first kappa shape index (κ1) is 18.1. The molecule has 2 aliphatic heterocycles. The first-order chi connectivity index (χ1) is 13.0. The van der Waals surface area contributed by atoms with E-state index in [0.29, 0.717) is 5.56 Å². The van der Waals surface area contributed by atoms with Gasteiger partial charge in [0, 0.05) is 19.3 Å². The van der Waals surface area contributed by atoms with E-state index in [2.05, 4.69) is 22.0 Å². The van der Waals surface area contributed by atoms with Gasteiger partial charge in [-0.15, -0.1) is 4.21 Å². The third kappa shape index (κ3) is 4.04. The van der Waals surface area contributed by atoms with E-state index >= 15 is 0 Å². The highest BCUT2D eigenvalue weighted by Crippen LogP contribution is 2.28. The Morgan fingerprint density at radius 3 is 2.63 bits per heavy atom. The minimum atomic E-state index is -3.01. The number of carbonyl (C=O) groups excluding carboxylic acids is 1. The molecule has 3 heterocycles. The van der Waals surface area contributed by atoms with Crippen LogP contribution >= 0.6 is 0 Å². The molecule has 1 aromatic heterocycles. The molecule has 0 unspecified atom stereocenters. The predicted octanol–water partition coefficient (Wildman–Crippen LogP) is 2.12. The van der Waals surface area contributed by atoms with E-state index in [1.807, 2.05) is 24.3 Å². The maximum atomic E-state index is 12.8.